The zero-order valence-corrected chi connectivity index (χ0v) is 11.4. The van der Waals surface area contributed by atoms with Gasteiger partial charge in [0.1, 0.15) is 5.82 Å². The molecule has 0 aliphatic heterocycles. The summed E-state index contributed by atoms with van der Waals surface area (Å²) in [5.74, 6) is -0.779. The second-order valence-electron chi connectivity index (χ2n) is 4.78. The molecule has 0 aliphatic carbocycles. The Morgan fingerprint density at radius 3 is 2.43 bits per heavy atom. The van der Waals surface area contributed by atoms with Gasteiger partial charge >= 0.3 is 6.18 Å². The van der Waals surface area contributed by atoms with Crippen LogP contribution in [0.4, 0.5) is 23.2 Å². The normalized spacial score (nSPS) is 11.7. The molecule has 3 aromatic rings. The highest BCUT2D eigenvalue weighted by Gasteiger charge is 2.31. The summed E-state index contributed by atoms with van der Waals surface area (Å²) in [6.45, 7) is 0. The first-order chi connectivity index (χ1) is 10.8. The maximum absolute atomic E-state index is 13.6. The van der Waals surface area contributed by atoms with Gasteiger partial charge in [-0.1, -0.05) is 6.07 Å². The van der Waals surface area contributed by atoms with Gasteiger partial charge in [-0.25, -0.2) is 9.49 Å². The number of tetrazole rings is 1. The van der Waals surface area contributed by atoms with Crippen LogP contribution in [-0.2, 0) is 6.18 Å². The van der Waals surface area contributed by atoms with E-state index in [0.29, 0.717) is 22.9 Å². The molecule has 0 aliphatic rings. The number of anilines is 1. The average Bonchev–Trinajstić information content (AvgIpc) is 2.99. The summed E-state index contributed by atoms with van der Waals surface area (Å²) in [6.07, 6.45) is -4.65. The second kappa shape index (κ2) is 5.34. The number of nitrogen functional groups attached to an aromatic ring is 1. The topological polar surface area (TPSA) is 80.5 Å². The van der Waals surface area contributed by atoms with Crippen molar-refractivity contribution in [3.05, 3.63) is 47.8 Å². The Balaban J connectivity index is 2.22. The first-order valence-electron chi connectivity index (χ1n) is 6.36. The maximum Gasteiger partial charge on any atom is 0.416 e. The molecule has 3 rings (SSSR count). The van der Waals surface area contributed by atoms with Gasteiger partial charge in [0.2, 0.25) is 0 Å². The number of alkyl halides is 3. The molecular formula is C14H9F4N5. The molecule has 0 fully saturated rings. The lowest BCUT2D eigenvalue weighted by atomic mass is 9.97. The summed E-state index contributed by atoms with van der Waals surface area (Å²) in [4.78, 5) is 0. The summed E-state index contributed by atoms with van der Waals surface area (Å²) in [5, 5.41) is 13.1. The zero-order chi connectivity index (χ0) is 16.6. The van der Waals surface area contributed by atoms with Crippen LogP contribution in [0.1, 0.15) is 5.56 Å². The number of hydrogen-bond acceptors (Lipinski definition) is 4. The molecule has 118 valence electrons. The molecule has 5 nitrogen and oxygen atoms in total. The molecule has 0 radical (unpaired) electrons. The lowest BCUT2D eigenvalue weighted by Crippen LogP contribution is -2.05. The van der Waals surface area contributed by atoms with E-state index in [9.17, 15) is 17.6 Å². The monoisotopic (exact) mass is 323 g/mol. The molecule has 1 heterocycles. The van der Waals surface area contributed by atoms with Crippen LogP contribution in [0.3, 0.4) is 0 Å². The van der Waals surface area contributed by atoms with Gasteiger partial charge in [0, 0.05) is 11.3 Å². The lowest BCUT2D eigenvalue weighted by Gasteiger charge is -2.12. The van der Waals surface area contributed by atoms with Gasteiger partial charge in [0.05, 0.1) is 5.56 Å². The second-order valence-corrected chi connectivity index (χ2v) is 4.78. The predicted octanol–water partition coefficient (Wildman–Crippen LogP) is 3.27. The molecule has 3 N–H and O–H groups in total. The first-order valence-corrected chi connectivity index (χ1v) is 6.36. The summed E-state index contributed by atoms with van der Waals surface area (Å²) in [5.41, 5.74) is 5.73. The summed E-state index contributed by atoms with van der Waals surface area (Å²) in [6, 6.07) is 6.80. The van der Waals surface area contributed by atoms with E-state index in [4.69, 9.17) is 5.73 Å². The standard InChI is InChI=1S/C14H9F4N5/c15-9-4-7(3-8(5-9)14(16,17)18)11-2-1-10(19)6-12(11)13-20-22-23-21-13/h1-6H,19H2,(H,20,21,22,23). The Labute approximate surface area is 127 Å². The van der Waals surface area contributed by atoms with Gasteiger partial charge < -0.3 is 5.73 Å². The van der Waals surface area contributed by atoms with E-state index in [1.54, 1.807) is 0 Å². The molecule has 0 spiro atoms. The van der Waals surface area contributed by atoms with Crippen molar-refractivity contribution in [2.24, 2.45) is 0 Å². The van der Waals surface area contributed by atoms with Crippen LogP contribution in [0.5, 0.6) is 0 Å². The highest BCUT2D eigenvalue weighted by molar-refractivity contribution is 5.82. The summed E-state index contributed by atoms with van der Waals surface area (Å²) >= 11 is 0. The Kier molecular flexibility index (Phi) is 3.47. The Hall–Kier alpha value is -2.97. The smallest absolute Gasteiger partial charge is 0.399 e. The highest BCUT2D eigenvalue weighted by atomic mass is 19.4. The quantitative estimate of drug-likeness (QED) is 0.560. The molecule has 1 aromatic heterocycles. The average molecular weight is 323 g/mol. The van der Waals surface area contributed by atoms with E-state index in [1.165, 1.54) is 18.2 Å². The van der Waals surface area contributed by atoms with E-state index in [1.807, 2.05) is 0 Å². The zero-order valence-electron chi connectivity index (χ0n) is 11.4. The third kappa shape index (κ3) is 2.98. The number of aromatic amines is 1. The molecule has 0 bridgehead atoms. The molecule has 0 saturated heterocycles. The van der Waals surface area contributed by atoms with Crippen molar-refractivity contribution in [2.45, 2.75) is 6.18 Å². The number of nitrogens with zero attached hydrogens (tertiary/aromatic N) is 3. The number of H-pyrrole nitrogens is 1. The molecule has 0 saturated carbocycles. The van der Waals surface area contributed by atoms with Crippen molar-refractivity contribution < 1.29 is 17.6 Å². The van der Waals surface area contributed by atoms with Crippen molar-refractivity contribution in [2.75, 3.05) is 5.73 Å². The minimum absolute atomic E-state index is 0.0451. The van der Waals surface area contributed by atoms with Crippen LogP contribution in [-0.4, -0.2) is 20.6 Å². The largest absolute Gasteiger partial charge is 0.416 e. The van der Waals surface area contributed by atoms with Crippen molar-refractivity contribution in [1.82, 2.24) is 20.6 Å². The molecule has 0 atom stereocenters. The van der Waals surface area contributed by atoms with E-state index < -0.39 is 17.6 Å². The Morgan fingerprint density at radius 2 is 1.78 bits per heavy atom. The van der Waals surface area contributed by atoms with E-state index in [0.717, 1.165) is 12.1 Å². The molecular weight excluding hydrogens is 314 g/mol. The number of nitrogens with one attached hydrogen (secondary N) is 1. The molecule has 0 amide bonds. The molecule has 23 heavy (non-hydrogen) atoms. The van der Waals surface area contributed by atoms with Crippen molar-refractivity contribution >= 4 is 5.69 Å². The predicted molar refractivity (Wildman–Crippen MR) is 74.4 cm³/mol. The van der Waals surface area contributed by atoms with Crippen LogP contribution >= 0.6 is 0 Å². The van der Waals surface area contributed by atoms with Crippen LogP contribution in [0.2, 0.25) is 0 Å². The SMILES string of the molecule is Nc1ccc(-c2cc(F)cc(C(F)(F)F)c2)c(-c2nnn[nH]2)c1. The molecule has 0 unspecified atom stereocenters. The first kappa shape index (κ1) is 14.9. The fourth-order valence-electron chi connectivity index (χ4n) is 2.19. The Bertz CT molecular complexity index is 843. The Morgan fingerprint density at radius 1 is 1.00 bits per heavy atom. The highest BCUT2D eigenvalue weighted by Crippen LogP contribution is 2.36. The van der Waals surface area contributed by atoms with Gasteiger partial charge in [-0.15, -0.1) is 5.10 Å². The molecule has 2 aromatic carbocycles. The minimum atomic E-state index is -4.65. The number of aromatic nitrogens is 4. The van der Waals surface area contributed by atoms with Gasteiger partial charge in [-0.2, -0.15) is 13.2 Å². The van der Waals surface area contributed by atoms with E-state index in [-0.39, 0.29) is 11.4 Å². The fourth-order valence-corrected chi connectivity index (χ4v) is 2.19. The van der Waals surface area contributed by atoms with Crippen LogP contribution in [0.25, 0.3) is 22.5 Å². The number of nitrogens with two attached hydrogens (primary N) is 1. The molecule has 9 heteroatoms. The maximum atomic E-state index is 13.6. The third-order valence-electron chi connectivity index (χ3n) is 3.18. The van der Waals surface area contributed by atoms with Crippen LogP contribution in [0.15, 0.2) is 36.4 Å². The van der Waals surface area contributed by atoms with Gasteiger partial charge in [0.25, 0.3) is 0 Å². The number of rotatable bonds is 2. The van der Waals surface area contributed by atoms with Crippen LogP contribution in [0, 0.1) is 5.82 Å². The van der Waals surface area contributed by atoms with E-state index >= 15 is 0 Å². The van der Waals surface area contributed by atoms with Crippen molar-refractivity contribution in [1.29, 1.82) is 0 Å². The van der Waals surface area contributed by atoms with Gasteiger partial charge in [-0.3, -0.25) is 0 Å². The van der Waals surface area contributed by atoms with E-state index in [2.05, 4.69) is 20.6 Å². The summed E-state index contributed by atoms with van der Waals surface area (Å²) < 4.78 is 52.3. The van der Waals surface area contributed by atoms with Gasteiger partial charge in [0.15, 0.2) is 5.82 Å². The van der Waals surface area contributed by atoms with Gasteiger partial charge in [-0.05, 0) is 51.9 Å². The van der Waals surface area contributed by atoms with Crippen molar-refractivity contribution in [3.63, 3.8) is 0 Å². The van der Waals surface area contributed by atoms with Crippen molar-refractivity contribution in [3.8, 4) is 22.5 Å². The third-order valence-corrected chi connectivity index (χ3v) is 3.18. The lowest BCUT2D eigenvalue weighted by molar-refractivity contribution is -0.137. The van der Waals surface area contributed by atoms with Crippen LogP contribution < -0.4 is 5.73 Å². The number of benzene rings is 2. The number of halogens is 4. The number of hydrogen-bond donors (Lipinski definition) is 2. The minimum Gasteiger partial charge on any atom is -0.399 e. The fraction of sp³-hybridized carbons (Fsp3) is 0.0714. The summed E-state index contributed by atoms with van der Waals surface area (Å²) in [7, 11) is 0.